The first-order valence-corrected chi connectivity index (χ1v) is 7.07. The molecule has 0 heterocycles. The normalized spacial score (nSPS) is 14.8. The third-order valence-electron chi connectivity index (χ3n) is 3.79. The smallest absolute Gasteiger partial charge is 0.0233 e. The molecule has 2 nitrogen and oxygen atoms in total. The summed E-state index contributed by atoms with van der Waals surface area (Å²) in [5, 5.41) is 0. The summed E-state index contributed by atoms with van der Waals surface area (Å²) in [4.78, 5) is 2.42. The summed E-state index contributed by atoms with van der Waals surface area (Å²) in [5.74, 6) is 0.454. The molecule has 18 heavy (non-hydrogen) atoms. The number of hydrogen-bond acceptors (Lipinski definition) is 2. The molecular weight excluding hydrogens is 220 g/mol. The Morgan fingerprint density at radius 1 is 1.17 bits per heavy atom. The van der Waals surface area contributed by atoms with Gasteiger partial charge in [0.05, 0.1) is 0 Å². The van der Waals surface area contributed by atoms with E-state index in [1.165, 1.54) is 24.0 Å². The van der Waals surface area contributed by atoms with E-state index in [-0.39, 0.29) is 0 Å². The molecule has 2 atom stereocenters. The summed E-state index contributed by atoms with van der Waals surface area (Å²) in [6, 6.07) is 9.54. The summed E-state index contributed by atoms with van der Waals surface area (Å²) >= 11 is 0. The molecule has 0 saturated carbocycles. The van der Waals surface area contributed by atoms with Crippen LogP contribution in [0.15, 0.2) is 24.3 Å². The second-order valence-corrected chi connectivity index (χ2v) is 5.43. The molecule has 0 radical (unpaired) electrons. The second-order valence-electron chi connectivity index (χ2n) is 5.43. The minimum Gasteiger partial charge on any atom is -0.330 e. The molecule has 2 heteroatoms. The van der Waals surface area contributed by atoms with Crippen LogP contribution in [-0.2, 0) is 6.54 Å². The molecule has 0 saturated heterocycles. The topological polar surface area (TPSA) is 29.3 Å². The Morgan fingerprint density at radius 2 is 1.78 bits per heavy atom. The highest BCUT2D eigenvalue weighted by Gasteiger charge is 2.09. The van der Waals surface area contributed by atoms with E-state index in [1.807, 2.05) is 0 Å². The van der Waals surface area contributed by atoms with Crippen molar-refractivity contribution in [2.75, 3.05) is 13.6 Å². The van der Waals surface area contributed by atoms with Crippen LogP contribution < -0.4 is 5.73 Å². The molecule has 2 unspecified atom stereocenters. The van der Waals surface area contributed by atoms with Gasteiger partial charge in [-0.1, -0.05) is 44.5 Å². The molecule has 0 fully saturated rings. The Bertz CT molecular complexity index is 331. The Balaban J connectivity index is 2.58. The van der Waals surface area contributed by atoms with Crippen LogP contribution in [0, 0.1) is 0 Å². The van der Waals surface area contributed by atoms with E-state index in [0.29, 0.717) is 18.5 Å². The zero-order valence-electron chi connectivity index (χ0n) is 12.3. The van der Waals surface area contributed by atoms with Crippen molar-refractivity contribution < 1.29 is 0 Å². The quantitative estimate of drug-likeness (QED) is 0.801. The van der Waals surface area contributed by atoms with E-state index in [0.717, 1.165) is 6.54 Å². The molecule has 102 valence electrons. The standard InChI is InChI=1S/C16H28N2/c1-5-6-14(3)18(4)12-15-7-9-16(10-8-15)13(2)11-17/h7-10,13-14H,5-6,11-12,17H2,1-4H3. The Kier molecular flexibility index (Phi) is 6.37. The van der Waals surface area contributed by atoms with Crippen LogP contribution in [0.1, 0.15) is 50.7 Å². The van der Waals surface area contributed by atoms with Gasteiger partial charge in [-0.25, -0.2) is 0 Å². The third kappa shape index (κ3) is 4.43. The minimum absolute atomic E-state index is 0.454. The van der Waals surface area contributed by atoms with Crippen LogP contribution in [0.2, 0.25) is 0 Å². The van der Waals surface area contributed by atoms with E-state index in [9.17, 15) is 0 Å². The number of nitrogens with two attached hydrogens (primary N) is 1. The molecule has 1 aromatic rings. The minimum atomic E-state index is 0.454. The molecule has 0 aromatic heterocycles. The number of nitrogens with zero attached hydrogens (tertiary/aromatic N) is 1. The van der Waals surface area contributed by atoms with E-state index >= 15 is 0 Å². The van der Waals surface area contributed by atoms with Gasteiger partial charge in [0.2, 0.25) is 0 Å². The van der Waals surface area contributed by atoms with Crippen LogP contribution in [0.25, 0.3) is 0 Å². The average Bonchev–Trinajstić information content (AvgIpc) is 2.39. The molecular formula is C16H28N2. The highest BCUT2D eigenvalue weighted by molar-refractivity contribution is 5.25. The van der Waals surface area contributed by atoms with Gasteiger partial charge < -0.3 is 5.73 Å². The van der Waals surface area contributed by atoms with E-state index in [1.54, 1.807) is 0 Å². The van der Waals surface area contributed by atoms with E-state index in [2.05, 4.69) is 57.0 Å². The van der Waals surface area contributed by atoms with Crippen LogP contribution in [0.5, 0.6) is 0 Å². The number of rotatable bonds is 7. The van der Waals surface area contributed by atoms with Crippen LogP contribution in [0.3, 0.4) is 0 Å². The fourth-order valence-electron chi connectivity index (χ4n) is 2.17. The Hall–Kier alpha value is -0.860. The Labute approximate surface area is 112 Å². The van der Waals surface area contributed by atoms with Gasteiger partial charge in [0, 0.05) is 12.6 Å². The molecule has 1 rings (SSSR count). The van der Waals surface area contributed by atoms with Crippen molar-refractivity contribution in [1.82, 2.24) is 4.90 Å². The van der Waals surface area contributed by atoms with E-state index in [4.69, 9.17) is 5.73 Å². The first-order valence-electron chi connectivity index (χ1n) is 7.07. The van der Waals surface area contributed by atoms with Crippen LogP contribution >= 0.6 is 0 Å². The van der Waals surface area contributed by atoms with Crippen molar-refractivity contribution >= 4 is 0 Å². The van der Waals surface area contributed by atoms with Crippen LogP contribution in [-0.4, -0.2) is 24.5 Å². The molecule has 0 aliphatic rings. The SMILES string of the molecule is CCCC(C)N(C)Cc1ccc(C(C)CN)cc1. The maximum atomic E-state index is 5.69. The van der Waals surface area contributed by atoms with Gasteiger partial charge in [0.15, 0.2) is 0 Å². The number of hydrogen-bond donors (Lipinski definition) is 1. The summed E-state index contributed by atoms with van der Waals surface area (Å²) in [6.45, 7) is 8.46. The van der Waals surface area contributed by atoms with Crippen LogP contribution in [0.4, 0.5) is 0 Å². The molecule has 0 aliphatic heterocycles. The van der Waals surface area contributed by atoms with Crippen molar-refractivity contribution in [2.24, 2.45) is 5.73 Å². The predicted octanol–water partition coefficient (Wildman–Crippen LogP) is 3.37. The summed E-state index contributed by atoms with van der Waals surface area (Å²) in [7, 11) is 2.21. The fraction of sp³-hybridized carbons (Fsp3) is 0.625. The summed E-state index contributed by atoms with van der Waals surface area (Å²) < 4.78 is 0. The fourth-order valence-corrected chi connectivity index (χ4v) is 2.17. The van der Waals surface area contributed by atoms with Crippen molar-refractivity contribution in [1.29, 1.82) is 0 Å². The first-order chi connectivity index (χ1) is 8.58. The van der Waals surface area contributed by atoms with Crippen molar-refractivity contribution in [2.45, 2.75) is 52.1 Å². The zero-order valence-corrected chi connectivity index (χ0v) is 12.3. The lowest BCUT2D eigenvalue weighted by molar-refractivity contribution is 0.237. The maximum Gasteiger partial charge on any atom is 0.0233 e. The van der Waals surface area contributed by atoms with Gasteiger partial charge >= 0.3 is 0 Å². The Morgan fingerprint density at radius 3 is 2.28 bits per heavy atom. The summed E-state index contributed by atoms with van der Waals surface area (Å²) in [6.07, 6.45) is 2.51. The highest BCUT2D eigenvalue weighted by Crippen LogP contribution is 2.16. The molecule has 2 N–H and O–H groups in total. The molecule has 0 bridgehead atoms. The predicted molar refractivity (Wildman–Crippen MR) is 79.7 cm³/mol. The van der Waals surface area contributed by atoms with Crippen molar-refractivity contribution in [3.63, 3.8) is 0 Å². The molecule has 1 aromatic carbocycles. The largest absolute Gasteiger partial charge is 0.330 e. The highest BCUT2D eigenvalue weighted by atomic mass is 15.1. The van der Waals surface area contributed by atoms with E-state index < -0.39 is 0 Å². The van der Waals surface area contributed by atoms with Gasteiger partial charge in [-0.3, -0.25) is 4.90 Å². The van der Waals surface area contributed by atoms with Crippen molar-refractivity contribution in [3.05, 3.63) is 35.4 Å². The third-order valence-corrected chi connectivity index (χ3v) is 3.79. The van der Waals surface area contributed by atoms with Gasteiger partial charge in [0.1, 0.15) is 0 Å². The maximum absolute atomic E-state index is 5.69. The van der Waals surface area contributed by atoms with Gasteiger partial charge in [-0.2, -0.15) is 0 Å². The monoisotopic (exact) mass is 248 g/mol. The van der Waals surface area contributed by atoms with Crippen molar-refractivity contribution in [3.8, 4) is 0 Å². The zero-order chi connectivity index (χ0) is 13.5. The second kappa shape index (κ2) is 7.55. The lowest BCUT2D eigenvalue weighted by Crippen LogP contribution is -2.28. The molecule has 0 spiro atoms. The lowest BCUT2D eigenvalue weighted by atomic mass is 10.00. The molecule has 0 aliphatic carbocycles. The number of benzene rings is 1. The first kappa shape index (κ1) is 15.2. The van der Waals surface area contributed by atoms with Gasteiger partial charge in [-0.15, -0.1) is 0 Å². The van der Waals surface area contributed by atoms with Gasteiger partial charge in [-0.05, 0) is 44.0 Å². The summed E-state index contributed by atoms with van der Waals surface area (Å²) in [5.41, 5.74) is 8.41. The molecule has 0 amide bonds. The average molecular weight is 248 g/mol. The lowest BCUT2D eigenvalue weighted by Gasteiger charge is -2.24. The van der Waals surface area contributed by atoms with Gasteiger partial charge in [0.25, 0.3) is 0 Å².